The first kappa shape index (κ1) is 14.4. The van der Waals surface area contributed by atoms with Crippen LogP contribution in [0.5, 0.6) is 0 Å². The van der Waals surface area contributed by atoms with Crippen LogP contribution in [-0.2, 0) is 4.74 Å². The molecule has 0 aromatic carbocycles. The largest absolute Gasteiger partial charge is 0.373 e. The zero-order valence-corrected chi connectivity index (χ0v) is 12.5. The molecular weight excluding hydrogens is 284 g/mol. The number of halogens is 1. The van der Waals surface area contributed by atoms with Crippen molar-refractivity contribution in [2.24, 2.45) is 5.92 Å². The first-order valence-electron chi connectivity index (χ1n) is 5.70. The van der Waals surface area contributed by atoms with Gasteiger partial charge in [0.1, 0.15) is 16.4 Å². The van der Waals surface area contributed by atoms with E-state index >= 15 is 0 Å². The van der Waals surface area contributed by atoms with Gasteiger partial charge in [0.25, 0.3) is 5.56 Å². The Morgan fingerprint density at radius 3 is 2.29 bits per heavy atom. The van der Waals surface area contributed by atoms with Gasteiger partial charge in [0, 0.05) is 7.11 Å². The van der Waals surface area contributed by atoms with Crippen molar-refractivity contribution in [3.63, 3.8) is 0 Å². The molecule has 0 amide bonds. The smallest absolute Gasteiger partial charge is 0.265 e. The van der Waals surface area contributed by atoms with Crippen molar-refractivity contribution in [2.45, 2.75) is 39.7 Å². The van der Waals surface area contributed by atoms with Gasteiger partial charge in [0.2, 0.25) is 0 Å². The molecule has 0 aliphatic carbocycles. The molecule has 96 valence electrons. The predicted octanol–water partition coefficient (Wildman–Crippen LogP) is 3.00. The molecule has 1 heterocycles. The summed E-state index contributed by atoms with van der Waals surface area (Å²) in [5.41, 5.74) is 0.618. The molecule has 0 aliphatic rings. The first-order valence-corrected chi connectivity index (χ1v) is 6.50. The minimum Gasteiger partial charge on any atom is -0.373 e. The number of nitrogens with zero attached hydrogens (tertiary/aromatic N) is 1. The Morgan fingerprint density at radius 2 is 1.88 bits per heavy atom. The van der Waals surface area contributed by atoms with Gasteiger partial charge in [-0.25, -0.2) is 4.98 Å². The number of H-pyrrole nitrogens is 1. The topological polar surface area (TPSA) is 55.0 Å². The molecule has 5 heteroatoms. The minimum atomic E-state index is -0.187. The number of nitrogens with one attached hydrogen (secondary N) is 1. The lowest BCUT2D eigenvalue weighted by molar-refractivity contribution is 0.0570. The third-order valence-corrected chi connectivity index (χ3v) is 3.35. The molecule has 17 heavy (non-hydrogen) atoms. The van der Waals surface area contributed by atoms with E-state index in [2.05, 4.69) is 25.9 Å². The number of methoxy groups -OCH3 is 1. The Labute approximate surface area is 110 Å². The number of aromatic nitrogens is 2. The maximum Gasteiger partial charge on any atom is 0.265 e. The normalized spacial score (nSPS) is 13.4. The van der Waals surface area contributed by atoms with Gasteiger partial charge < -0.3 is 9.72 Å². The SMILES string of the molecule is COC(c1nc(C(C)C)c(Br)c(=O)[nH]1)C(C)C. The fourth-order valence-electron chi connectivity index (χ4n) is 1.71. The molecule has 4 nitrogen and oxygen atoms in total. The second-order valence-electron chi connectivity index (χ2n) is 4.71. The standard InChI is InChI=1S/C12H19BrN2O2/c1-6(2)9-8(13)12(16)15-11(14-9)10(17-5)7(3)4/h6-7,10H,1-5H3,(H,14,15,16). The molecule has 0 saturated carbocycles. The van der Waals surface area contributed by atoms with E-state index in [0.717, 1.165) is 5.69 Å². The zero-order chi connectivity index (χ0) is 13.2. The van der Waals surface area contributed by atoms with Crippen LogP contribution in [0.3, 0.4) is 0 Å². The number of ether oxygens (including phenoxy) is 1. The van der Waals surface area contributed by atoms with Gasteiger partial charge in [0.05, 0.1) is 5.69 Å². The monoisotopic (exact) mass is 302 g/mol. The molecule has 1 atom stereocenters. The van der Waals surface area contributed by atoms with Crippen molar-refractivity contribution in [2.75, 3.05) is 7.11 Å². The number of aromatic amines is 1. The highest BCUT2D eigenvalue weighted by atomic mass is 79.9. The second-order valence-corrected chi connectivity index (χ2v) is 5.50. The Hall–Kier alpha value is -0.680. The van der Waals surface area contributed by atoms with Crippen molar-refractivity contribution in [1.29, 1.82) is 0 Å². The lowest BCUT2D eigenvalue weighted by atomic mass is 10.1. The van der Waals surface area contributed by atoms with Crippen LogP contribution in [0.25, 0.3) is 0 Å². The molecule has 0 aliphatic heterocycles. The van der Waals surface area contributed by atoms with Crippen LogP contribution in [0, 0.1) is 5.92 Å². The number of hydrogen-bond acceptors (Lipinski definition) is 3. The molecule has 1 N–H and O–H groups in total. The maximum absolute atomic E-state index is 11.8. The van der Waals surface area contributed by atoms with E-state index in [4.69, 9.17) is 4.74 Å². The molecular formula is C12H19BrN2O2. The predicted molar refractivity (Wildman–Crippen MR) is 71.2 cm³/mol. The van der Waals surface area contributed by atoms with Crippen LogP contribution >= 0.6 is 15.9 Å². The van der Waals surface area contributed by atoms with Crippen molar-refractivity contribution >= 4 is 15.9 Å². The van der Waals surface area contributed by atoms with Crippen molar-refractivity contribution in [1.82, 2.24) is 9.97 Å². The average Bonchev–Trinajstić information content (AvgIpc) is 2.22. The van der Waals surface area contributed by atoms with Crippen LogP contribution in [0.4, 0.5) is 0 Å². The van der Waals surface area contributed by atoms with Gasteiger partial charge in [-0.15, -0.1) is 0 Å². The average molecular weight is 303 g/mol. The summed E-state index contributed by atoms with van der Waals surface area (Å²) in [6, 6.07) is 0. The lowest BCUT2D eigenvalue weighted by Gasteiger charge is -2.19. The summed E-state index contributed by atoms with van der Waals surface area (Å²) in [6.07, 6.45) is -0.187. The summed E-state index contributed by atoms with van der Waals surface area (Å²) < 4.78 is 5.89. The van der Waals surface area contributed by atoms with Gasteiger partial charge in [-0.05, 0) is 27.8 Å². The van der Waals surface area contributed by atoms with Crippen LogP contribution in [0.2, 0.25) is 0 Å². The molecule has 0 saturated heterocycles. The van der Waals surface area contributed by atoms with Crippen LogP contribution in [0.15, 0.2) is 9.27 Å². The van der Waals surface area contributed by atoms with Crippen molar-refractivity contribution in [3.05, 3.63) is 26.3 Å². The molecule has 1 aromatic rings. The van der Waals surface area contributed by atoms with Gasteiger partial charge >= 0.3 is 0 Å². The molecule has 0 fully saturated rings. The van der Waals surface area contributed by atoms with Gasteiger partial charge in [0.15, 0.2) is 0 Å². The summed E-state index contributed by atoms with van der Waals surface area (Å²) in [6.45, 7) is 8.08. The van der Waals surface area contributed by atoms with E-state index in [1.165, 1.54) is 0 Å². The van der Waals surface area contributed by atoms with Gasteiger partial charge in [-0.2, -0.15) is 0 Å². The Morgan fingerprint density at radius 1 is 1.29 bits per heavy atom. The maximum atomic E-state index is 11.8. The van der Waals surface area contributed by atoms with Crippen LogP contribution in [-0.4, -0.2) is 17.1 Å². The minimum absolute atomic E-state index is 0.151. The van der Waals surface area contributed by atoms with E-state index in [-0.39, 0.29) is 23.5 Å². The summed E-state index contributed by atoms with van der Waals surface area (Å²) in [4.78, 5) is 19.1. The fourth-order valence-corrected chi connectivity index (χ4v) is 2.36. The van der Waals surface area contributed by atoms with Crippen LogP contribution in [0.1, 0.15) is 51.2 Å². The van der Waals surface area contributed by atoms with E-state index in [9.17, 15) is 4.79 Å². The Kier molecular flexibility index (Phi) is 4.89. The van der Waals surface area contributed by atoms with E-state index in [1.807, 2.05) is 27.7 Å². The first-order chi connectivity index (χ1) is 7.88. The van der Waals surface area contributed by atoms with Gasteiger partial charge in [-0.1, -0.05) is 27.7 Å². The molecule has 1 aromatic heterocycles. The Bertz CT molecular complexity index is 441. The summed E-state index contributed by atoms with van der Waals surface area (Å²) in [5.74, 6) is 1.04. The van der Waals surface area contributed by atoms with Crippen LogP contribution < -0.4 is 5.56 Å². The molecule has 1 rings (SSSR count). The zero-order valence-electron chi connectivity index (χ0n) is 10.9. The molecule has 0 bridgehead atoms. The quantitative estimate of drug-likeness (QED) is 0.930. The Balaban J connectivity index is 3.32. The lowest BCUT2D eigenvalue weighted by Crippen LogP contribution is -2.21. The van der Waals surface area contributed by atoms with E-state index in [1.54, 1.807) is 7.11 Å². The summed E-state index contributed by atoms with van der Waals surface area (Å²) in [5, 5.41) is 0. The molecule has 1 unspecified atom stereocenters. The summed E-state index contributed by atoms with van der Waals surface area (Å²) in [7, 11) is 1.63. The molecule has 0 spiro atoms. The third kappa shape index (κ3) is 3.16. The number of rotatable bonds is 4. The molecule has 0 radical (unpaired) electrons. The van der Waals surface area contributed by atoms with E-state index in [0.29, 0.717) is 10.3 Å². The van der Waals surface area contributed by atoms with Crippen molar-refractivity contribution < 1.29 is 4.74 Å². The highest BCUT2D eigenvalue weighted by Gasteiger charge is 2.21. The summed E-state index contributed by atoms with van der Waals surface area (Å²) >= 11 is 3.28. The van der Waals surface area contributed by atoms with Crippen molar-refractivity contribution in [3.8, 4) is 0 Å². The second kappa shape index (κ2) is 5.78. The van der Waals surface area contributed by atoms with Gasteiger partial charge in [-0.3, -0.25) is 4.79 Å². The van der Waals surface area contributed by atoms with E-state index < -0.39 is 0 Å². The fraction of sp³-hybridized carbons (Fsp3) is 0.667. The number of hydrogen-bond donors (Lipinski definition) is 1. The highest BCUT2D eigenvalue weighted by Crippen LogP contribution is 2.25. The third-order valence-electron chi connectivity index (χ3n) is 2.58. The highest BCUT2D eigenvalue weighted by molar-refractivity contribution is 9.10.